The third kappa shape index (κ3) is 5.29. The van der Waals surface area contributed by atoms with Crippen LogP contribution in [0.15, 0.2) is 41.7 Å². The molecule has 2 heterocycles. The summed E-state index contributed by atoms with van der Waals surface area (Å²) < 4.78 is 34.4. The maximum absolute atomic E-state index is 12.7. The van der Waals surface area contributed by atoms with Gasteiger partial charge in [0, 0.05) is 18.6 Å². The minimum atomic E-state index is -4.13. The predicted molar refractivity (Wildman–Crippen MR) is 159 cm³/mol. The molecule has 0 aromatic carbocycles. The number of aromatic nitrogens is 3. The number of hydrogen-bond donors (Lipinski definition) is 3. The molecule has 4 aliphatic carbocycles. The maximum Gasteiger partial charge on any atom is 0.421 e. The zero-order valence-electron chi connectivity index (χ0n) is 25.4. The molecule has 4 saturated carbocycles. The lowest BCUT2D eigenvalue weighted by atomic mass is 9.41. The van der Waals surface area contributed by atoms with Crippen molar-refractivity contribution in [1.82, 2.24) is 19.5 Å². The van der Waals surface area contributed by atoms with Gasteiger partial charge < -0.3 is 14.9 Å². The molecule has 2 aromatic rings. The average Bonchev–Trinajstić information content (AvgIpc) is 3.63. The Hall–Kier alpha value is -2.50. The van der Waals surface area contributed by atoms with Gasteiger partial charge in [-0.25, -0.2) is 27.6 Å². The van der Waals surface area contributed by atoms with Gasteiger partial charge in [-0.05, 0) is 116 Å². The highest BCUT2D eigenvalue weighted by Gasteiger charge is 2.64. The number of fused-ring (bicyclic) bond motifs is 5. The number of amides is 1. The van der Waals surface area contributed by atoms with Crippen LogP contribution in [0.3, 0.4) is 0 Å². The number of carbonyl (C=O) groups excluding carboxylic acids is 1. The Morgan fingerprint density at radius 3 is 2.56 bits per heavy atom. The van der Waals surface area contributed by atoms with E-state index >= 15 is 0 Å². The molecular formula is C32H46N4O6S. The van der Waals surface area contributed by atoms with E-state index in [9.17, 15) is 23.4 Å². The lowest BCUT2D eigenvalue weighted by molar-refractivity contribution is -0.202. The predicted octanol–water partition coefficient (Wildman–Crippen LogP) is 4.70. The molecule has 4 aliphatic rings. The highest BCUT2D eigenvalue weighted by molar-refractivity contribution is 7.90. The molecule has 4 fully saturated rings. The van der Waals surface area contributed by atoms with Crippen LogP contribution < -0.4 is 4.72 Å². The molecule has 6 rings (SSSR count). The smallest absolute Gasteiger partial charge is 0.421 e. The van der Waals surface area contributed by atoms with Gasteiger partial charge in [0.1, 0.15) is 4.90 Å². The Bertz CT molecular complexity index is 1400. The van der Waals surface area contributed by atoms with Gasteiger partial charge in [0.25, 0.3) is 10.0 Å². The first-order valence-electron chi connectivity index (χ1n) is 16.0. The van der Waals surface area contributed by atoms with E-state index in [4.69, 9.17) is 4.74 Å². The topological polar surface area (TPSA) is 144 Å². The summed E-state index contributed by atoms with van der Waals surface area (Å²) in [5.74, 6) is 2.52. The molecule has 3 N–H and O–H groups in total. The molecule has 0 bridgehead atoms. The van der Waals surface area contributed by atoms with Crippen LogP contribution in [0.2, 0.25) is 0 Å². The van der Waals surface area contributed by atoms with Crippen molar-refractivity contribution in [2.24, 2.45) is 46.3 Å². The molecule has 0 saturated heterocycles. The summed E-state index contributed by atoms with van der Waals surface area (Å²) in [6, 6.07) is 4.62. The van der Waals surface area contributed by atoms with E-state index in [2.05, 4.69) is 30.9 Å². The maximum atomic E-state index is 12.7. The normalized spacial score (nSPS) is 38.9. The van der Waals surface area contributed by atoms with Crippen LogP contribution in [0.25, 0.3) is 5.82 Å². The van der Waals surface area contributed by atoms with E-state index in [0.29, 0.717) is 35.9 Å². The summed E-state index contributed by atoms with van der Waals surface area (Å²) >= 11 is 0. The van der Waals surface area contributed by atoms with E-state index in [1.807, 2.05) is 4.72 Å². The SMILES string of the molecule is CC[C@H]1[C@@H](O)[C@@H]2[C@H](CC[C@]3(C)[C@@H](CCOC(=O)NS(=O)(=O)c4ccc(-n5cccn5)nc4)CC[C@@H]23)[C@@]2(C)CC[C@@H](O)C[C@@H]12. The lowest BCUT2D eigenvalue weighted by Crippen LogP contribution is -2.62. The summed E-state index contributed by atoms with van der Waals surface area (Å²) in [6.45, 7) is 7.12. The number of ether oxygens (including phenoxy) is 1. The number of pyridine rings is 1. The minimum absolute atomic E-state index is 0.0473. The van der Waals surface area contributed by atoms with Crippen LogP contribution in [0, 0.1) is 46.3 Å². The van der Waals surface area contributed by atoms with Crippen LogP contribution >= 0.6 is 0 Å². The third-order valence-corrected chi connectivity index (χ3v) is 13.6. The molecular weight excluding hydrogens is 568 g/mol. The molecule has 11 heteroatoms. The first-order chi connectivity index (χ1) is 20.5. The first kappa shape index (κ1) is 30.5. The molecule has 236 valence electrons. The molecule has 0 spiro atoms. The summed E-state index contributed by atoms with van der Waals surface area (Å²) in [5, 5.41) is 26.4. The van der Waals surface area contributed by atoms with Crippen LogP contribution in [-0.4, -0.2) is 58.3 Å². The lowest BCUT2D eigenvalue weighted by Gasteiger charge is -2.64. The van der Waals surface area contributed by atoms with E-state index in [0.717, 1.165) is 51.4 Å². The van der Waals surface area contributed by atoms with Crippen molar-refractivity contribution in [3.63, 3.8) is 0 Å². The van der Waals surface area contributed by atoms with E-state index in [1.165, 1.54) is 23.0 Å². The fourth-order valence-corrected chi connectivity index (χ4v) is 10.9. The monoisotopic (exact) mass is 614 g/mol. The number of hydrogen-bond acceptors (Lipinski definition) is 8. The Labute approximate surface area is 254 Å². The van der Waals surface area contributed by atoms with Gasteiger partial charge in [-0.2, -0.15) is 5.10 Å². The first-order valence-corrected chi connectivity index (χ1v) is 17.5. The summed E-state index contributed by atoms with van der Waals surface area (Å²) in [7, 11) is -4.13. The van der Waals surface area contributed by atoms with Crippen molar-refractivity contribution in [3.05, 3.63) is 36.8 Å². The highest BCUT2D eigenvalue weighted by Crippen LogP contribution is 2.69. The Morgan fingerprint density at radius 1 is 1.09 bits per heavy atom. The van der Waals surface area contributed by atoms with Crippen LogP contribution in [0.1, 0.15) is 78.6 Å². The van der Waals surface area contributed by atoms with Crippen molar-refractivity contribution >= 4 is 16.1 Å². The van der Waals surface area contributed by atoms with Crippen molar-refractivity contribution in [2.45, 2.75) is 95.7 Å². The molecule has 2 aromatic heterocycles. The number of carbonyl (C=O) groups is 1. The Morgan fingerprint density at radius 2 is 1.86 bits per heavy atom. The summed E-state index contributed by atoms with van der Waals surface area (Å²) in [4.78, 5) is 16.5. The number of nitrogens with one attached hydrogen (secondary N) is 1. The number of nitrogens with zero attached hydrogens (tertiary/aromatic N) is 3. The van der Waals surface area contributed by atoms with Gasteiger partial charge in [0.05, 0.1) is 18.8 Å². The van der Waals surface area contributed by atoms with Crippen molar-refractivity contribution < 1.29 is 28.2 Å². The fraction of sp³-hybridized carbons (Fsp3) is 0.719. The van der Waals surface area contributed by atoms with Crippen molar-refractivity contribution in [1.29, 1.82) is 0 Å². The standard InChI is InChI=1S/C32H46N4O6S/c1-4-23-26-18-21(37)10-13-32(26,3)25-11-14-31(2)20(6-8-24(31)28(25)29(23)38)12-17-42-30(39)35-43(40,41)22-7-9-27(33-19-22)36-16-5-15-34-36/h5,7,9,15-16,19-21,23-26,28-29,37-38H,4,6,8,10-14,17-18H2,1-3H3,(H,35,39)/t20-,21-,23-,24+,25+,26+,28+,29-,31-,32-/m1/s1. The molecule has 10 atom stereocenters. The Balaban J connectivity index is 1.07. The zero-order chi connectivity index (χ0) is 30.6. The third-order valence-electron chi connectivity index (χ3n) is 12.3. The van der Waals surface area contributed by atoms with Gasteiger partial charge in [0.2, 0.25) is 0 Å². The van der Waals surface area contributed by atoms with E-state index < -0.39 is 16.1 Å². The summed E-state index contributed by atoms with van der Waals surface area (Å²) in [5.41, 5.74) is 0.205. The average molecular weight is 615 g/mol. The highest BCUT2D eigenvalue weighted by atomic mass is 32.2. The largest absolute Gasteiger partial charge is 0.449 e. The quantitative estimate of drug-likeness (QED) is 0.407. The molecule has 0 unspecified atom stereocenters. The van der Waals surface area contributed by atoms with Gasteiger partial charge >= 0.3 is 6.09 Å². The zero-order valence-corrected chi connectivity index (χ0v) is 26.2. The van der Waals surface area contributed by atoms with Gasteiger partial charge in [-0.1, -0.05) is 27.2 Å². The molecule has 1 amide bonds. The number of rotatable bonds is 7. The molecule has 0 radical (unpaired) electrons. The van der Waals surface area contributed by atoms with Crippen molar-refractivity contribution in [2.75, 3.05) is 6.61 Å². The number of aliphatic hydroxyl groups is 2. The minimum Gasteiger partial charge on any atom is -0.449 e. The van der Waals surface area contributed by atoms with Crippen LogP contribution in [0.4, 0.5) is 4.79 Å². The Kier molecular flexibility index (Phi) is 8.13. The van der Waals surface area contributed by atoms with E-state index in [1.54, 1.807) is 18.5 Å². The van der Waals surface area contributed by atoms with Gasteiger partial charge in [-0.3, -0.25) is 0 Å². The van der Waals surface area contributed by atoms with Crippen LogP contribution in [0.5, 0.6) is 0 Å². The molecule has 43 heavy (non-hydrogen) atoms. The van der Waals surface area contributed by atoms with Gasteiger partial charge in [0.15, 0.2) is 5.82 Å². The van der Waals surface area contributed by atoms with Crippen molar-refractivity contribution in [3.8, 4) is 5.82 Å². The van der Waals surface area contributed by atoms with E-state index in [-0.39, 0.29) is 46.4 Å². The fourth-order valence-electron chi connectivity index (χ4n) is 10.1. The number of sulfonamides is 1. The van der Waals surface area contributed by atoms with Gasteiger partial charge in [-0.15, -0.1) is 0 Å². The molecule has 10 nitrogen and oxygen atoms in total. The second-order valence-electron chi connectivity index (χ2n) is 14.0. The van der Waals surface area contributed by atoms with Crippen LogP contribution in [-0.2, 0) is 14.8 Å². The summed E-state index contributed by atoms with van der Waals surface area (Å²) in [6.07, 6.45) is 11.4. The molecule has 0 aliphatic heterocycles. The second-order valence-corrected chi connectivity index (χ2v) is 15.7. The number of aliphatic hydroxyl groups excluding tert-OH is 2. The second kappa shape index (κ2) is 11.5.